The number of nitrogens with zero attached hydrogens (tertiary/aromatic N) is 6. The lowest BCUT2D eigenvalue weighted by Gasteiger charge is -2.14. The minimum Gasteiger partial charge on any atom is -0.309 e. The Morgan fingerprint density at radius 1 is 1.20 bits per heavy atom. The van der Waals surface area contributed by atoms with Crippen molar-refractivity contribution in [2.45, 2.75) is 19.1 Å². The summed E-state index contributed by atoms with van der Waals surface area (Å²) in [6.07, 6.45) is 5.31. The summed E-state index contributed by atoms with van der Waals surface area (Å²) in [5, 5.41) is 12.0. The number of carbonyl (C=O) groups excluding carboxylic acids is 1. The fourth-order valence-corrected chi connectivity index (χ4v) is 4.30. The highest BCUT2D eigenvalue weighted by Crippen LogP contribution is 2.44. The van der Waals surface area contributed by atoms with Gasteiger partial charge in [0, 0.05) is 36.8 Å². The second-order valence-corrected chi connectivity index (χ2v) is 6.98. The highest BCUT2D eigenvalue weighted by molar-refractivity contribution is 8.00. The monoisotopic (exact) mass is 355 g/mol. The summed E-state index contributed by atoms with van der Waals surface area (Å²) in [6.45, 7) is 3.92. The summed E-state index contributed by atoms with van der Waals surface area (Å²) in [5.41, 5.74) is 3.84. The maximum atomic E-state index is 12.3. The Morgan fingerprint density at radius 2 is 1.96 bits per heavy atom. The first-order valence-corrected chi connectivity index (χ1v) is 8.88. The molecule has 3 aromatic heterocycles. The van der Waals surface area contributed by atoms with Crippen LogP contribution >= 0.6 is 11.8 Å². The quantitative estimate of drug-likeness (QED) is 0.754. The van der Waals surface area contributed by atoms with Crippen LogP contribution < -0.4 is 5.32 Å². The molecular weight excluding hydrogens is 338 g/mol. The molecule has 0 fully saturated rings. The maximum absolute atomic E-state index is 12.3. The van der Waals surface area contributed by atoms with E-state index in [0.717, 1.165) is 22.5 Å². The van der Waals surface area contributed by atoms with E-state index in [0.29, 0.717) is 17.5 Å². The number of hydrogen-bond donors (Lipinski definition) is 1. The predicted octanol–water partition coefficient (Wildman–Crippen LogP) is 1.79. The molecule has 4 rings (SSSR count). The van der Waals surface area contributed by atoms with Crippen molar-refractivity contribution < 1.29 is 4.79 Å². The summed E-state index contributed by atoms with van der Waals surface area (Å²) >= 11 is 1.58. The van der Waals surface area contributed by atoms with Gasteiger partial charge in [-0.05, 0) is 19.9 Å². The summed E-state index contributed by atoms with van der Waals surface area (Å²) in [7, 11) is 1.90. The molecule has 9 heteroatoms. The van der Waals surface area contributed by atoms with Crippen molar-refractivity contribution in [1.82, 2.24) is 29.5 Å². The number of fused-ring (bicyclic) bond motifs is 1. The number of amides is 1. The summed E-state index contributed by atoms with van der Waals surface area (Å²) in [6, 6.07) is 1.74. The molecule has 0 radical (unpaired) electrons. The Balaban J connectivity index is 1.92. The van der Waals surface area contributed by atoms with Crippen LogP contribution in [0.2, 0.25) is 0 Å². The van der Waals surface area contributed by atoms with Crippen LogP contribution in [0.25, 0.3) is 5.95 Å². The van der Waals surface area contributed by atoms with E-state index in [2.05, 4.69) is 25.5 Å². The lowest BCUT2D eigenvalue weighted by molar-refractivity contribution is -0.113. The molecule has 0 spiro atoms. The van der Waals surface area contributed by atoms with Crippen molar-refractivity contribution in [2.75, 3.05) is 11.1 Å². The van der Waals surface area contributed by atoms with Gasteiger partial charge in [-0.15, -0.1) is 11.8 Å². The van der Waals surface area contributed by atoms with Gasteiger partial charge >= 0.3 is 0 Å². The molecule has 8 nitrogen and oxygen atoms in total. The van der Waals surface area contributed by atoms with Gasteiger partial charge < -0.3 is 5.32 Å². The van der Waals surface area contributed by atoms with Crippen LogP contribution in [0, 0.1) is 13.8 Å². The molecule has 0 bridgehead atoms. The predicted molar refractivity (Wildman–Crippen MR) is 94.8 cm³/mol. The second-order valence-electron chi connectivity index (χ2n) is 5.89. The third-order valence-corrected chi connectivity index (χ3v) is 5.34. The molecule has 3 aromatic rings. The molecule has 1 aliphatic rings. The molecule has 1 N–H and O–H groups in total. The highest BCUT2D eigenvalue weighted by atomic mass is 32.2. The van der Waals surface area contributed by atoms with Gasteiger partial charge in [0.1, 0.15) is 5.82 Å². The molecule has 128 valence electrons. The van der Waals surface area contributed by atoms with E-state index in [1.807, 2.05) is 27.1 Å². The maximum Gasteiger partial charge on any atom is 0.252 e. The number of nitrogens with one attached hydrogen (secondary N) is 1. The molecule has 1 atom stereocenters. The van der Waals surface area contributed by atoms with Gasteiger partial charge in [0.2, 0.25) is 5.91 Å². The SMILES string of the molecule is Cc1nn(C)cc1[C@@H]1SCC(=O)Nc2c1c(C)nn2-c1ncccn1. The van der Waals surface area contributed by atoms with Crippen molar-refractivity contribution >= 4 is 23.5 Å². The van der Waals surface area contributed by atoms with Gasteiger partial charge in [0.05, 0.1) is 22.4 Å². The Kier molecular flexibility index (Phi) is 3.79. The summed E-state index contributed by atoms with van der Waals surface area (Å²) < 4.78 is 3.40. The van der Waals surface area contributed by atoms with E-state index >= 15 is 0 Å². The first kappa shape index (κ1) is 15.8. The topological polar surface area (TPSA) is 90.5 Å². The average molecular weight is 355 g/mol. The zero-order valence-electron chi connectivity index (χ0n) is 14.1. The Labute approximate surface area is 148 Å². The van der Waals surface area contributed by atoms with E-state index in [1.165, 1.54) is 0 Å². The van der Waals surface area contributed by atoms with Crippen LogP contribution in [-0.2, 0) is 11.8 Å². The van der Waals surface area contributed by atoms with Gasteiger partial charge in [-0.2, -0.15) is 14.9 Å². The van der Waals surface area contributed by atoms with E-state index in [4.69, 9.17) is 0 Å². The van der Waals surface area contributed by atoms with Gasteiger partial charge in [0.15, 0.2) is 0 Å². The fourth-order valence-electron chi connectivity index (χ4n) is 3.05. The van der Waals surface area contributed by atoms with Crippen LogP contribution in [0.4, 0.5) is 5.82 Å². The number of carbonyl (C=O) groups is 1. The molecule has 1 amide bonds. The Hall–Kier alpha value is -2.68. The van der Waals surface area contributed by atoms with Crippen LogP contribution in [0.5, 0.6) is 0 Å². The first-order chi connectivity index (χ1) is 12.0. The molecule has 0 aromatic carbocycles. The number of thioether (sulfide) groups is 1. The molecule has 0 saturated carbocycles. The average Bonchev–Trinajstić information content (AvgIpc) is 3.02. The van der Waals surface area contributed by atoms with Crippen LogP contribution in [-0.4, -0.2) is 41.2 Å². The largest absolute Gasteiger partial charge is 0.309 e. The van der Waals surface area contributed by atoms with E-state index in [1.54, 1.807) is 39.6 Å². The van der Waals surface area contributed by atoms with Crippen molar-refractivity contribution in [1.29, 1.82) is 0 Å². The lowest BCUT2D eigenvalue weighted by atomic mass is 10.1. The summed E-state index contributed by atoms with van der Waals surface area (Å²) in [5.74, 6) is 1.36. The summed E-state index contributed by atoms with van der Waals surface area (Å²) in [4.78, 5) is 20.8. The minimum absolute atomic E-state index is 0.0277. The van der Waals surface area contributed by atoms with Gasteiger partial charge in [-0.3, -0.25) is 9.48 Å². The smallest absolute Gasteiger partial charge is 0.252 e. The van der Waals surface area contributed by atoms with Crippen molar-refractivity contribution in [2.24, 2.45) is 7.05 Å². The van der Waals surface area contributed by atoms with Crippen molar-refractivity contribution in [3.05, 3.63) is 47.2 Å². The number of aromatic nitrogens is 6. The van der Waals surface area contributed by atoms with Gasteiger partial charge in [0.25, 0.3) is 5.95 Å². The number of aryl methyl sites for hydroxylation is 3. The number of rotatable bonds is 2. The minimum atomic E-state index is -0.0626. The normalized spacial score (nSPS) is 17.1. The van der Waals surface area contributed by atoms with Crippen LogP contribution in [0.3, 0.4) is 0 Å². The lowest BCUT2D eigenvalue weighted by Crippen LogP contribution is -2.16. The third-order valence-electron chi connectivity index (χ3n) is 4.08. The molecule has 0 unspecified atom stereocenters. The molecule has 4 heterocycles. The van der Waals surface area contributed by atoms with E-state index < -0.39 is 0 Å². The third kappa shape index (κ3) is 2.70. The number of anilines is 1. The molecule has 25 heavy (non-hydrogen) atoms. The second kappa shape index (κ2) is 5.99. The van der Waals surface area contributed by atoms with Gasteiger partial charge in [-0.25, -0.2) is 9.97 Å². The standard InChI is InChI=1S/C16H17N7OS/c1-9-11(7-22(3)20-9)14-13-10(2)21-23(16-17-5-4-6-18-16)15(13)19-12(24)8-25-14/h4-7,14H,8H2,1-3H3,(H,19,24)/t14-/m0/s1. The Morgan fingerprint density at radius 3 is 2.64 bits per heavy atom. The fraction of sp³-hybridized carbons (Fsp3) is 0.312. The van der Waals surface area contributed by atoms with E-state index in [9.17, 15) is 4.79 Å². The van der Waals surface area contributed by atoms with Crippen LogP contribution in [0.1, 0.15) is 27.8 Å². The zero-order chi connectivity index (χ0) is 17.6. The molecule has 1 aliphatic heterocycles. The zero-order valence-corrected chi connectivity index (χ0v) is 14.9. The molecule has 0 aliphatic carbocycles. The first-order valence-electron chi connectivity index (χ1n) is 7.83. The van der Waals surface area contributed by atoms with Crippen molar-refractivity contribution in [3.8, 4) is 5.95 Å². The van der Waals surface area contributed by atoms with Crippen LogP contribution in [0.15, 0.2) is 24.7 Å². The highest BCUT2D eigenvalue weighted by Gasteiger charge is 2.32. The Bertz CT molecular complexity index is 947. The molecular formula is C16H17N7OS. The van der Waals surface area contributed by atoms with Gasteiger partial charge in [-0.1, -0.05) is 0 Å². The van der Waals surface area contributed by atoms with Crippen molar-refractivity contribution in [3.63, 3.8) is 0 Å². The molecule has 0 saturated heterocycles. The number of hydrogen-bond acceptors (Lipinski definition) is 6. The van der Waals surface area contributed by atoms with E-state index in [-0.39, 0.29) is 11.2 Å².